The number of hydrogen-bond donors (Lipinski definition) is 0. The molecule has 2 atom stereocenters. The van der Waals surface area contributed by atoms with Gasteiger partial charge in [0, 0.05) is 12.3 Å². The SMILES string of the molecule is CCCC1CCC(c2ccc(C(C)c3ccc4c(c3)C(=O)OC(CC)C4)cc2)CC1. The molecule has 2 nitrogen and oxygen atoms in total. The van der Waals surface area contributed by atoms with Gasteiger partial charge in [-0.1, -0.05) is 70.0 Å². The molecule has 0 amide bonds. The van der Waals surface area contributed by atoms with Gasteiger partial charge in [0.25, 0.3) is 0 Å². The van der Waals surface area contributed by atoms with Gasteiger partial charge in [-0.05, 0) is 72.3 Å². The molecular weight excluding hydrogens is 368 g/mol. The Hall–Kier alpha value is -2.09. The van der Waals surface area contributed by atoms with Crippen LogP contribution in [0.4, 0.5) is 0 Å². The second-order valence-corrected chi connectivity index (χ2v) is 9.45. The molecule has 1 aliphatic heterocycles. The summed E-state index contributed by atoms with van der Waals surface area (Å²) in [6.07, 6.45) is 9.91. The van der Waals surface area contributed by atoms with Crippen LogP contribution in [0.2, 0.25) is 0 Å². The van der Waals surface area contributed by atoms with E-state index in [1.54, 1.807) is 0 Å². The Bertz CT molecular complexity index is 859. The molecular formula is C28H36O2. The van der Waals surface area contributed by atoms with Crippen molar-refractivity contribution in [2.24, 2.45) is 5.92 Å². The summed E-state index contributed by atoms with van der Waals surface area (Å²) in [5, 5.41) is 0. The fraction of sp³-hybridized carbons (Fsp3) is 0.536. The van der Waals surface area contributed by atoms with Crippen LogP contribution in [-0.2, 0) is 11.2 Å². The zero-order valence-corrected chi connectivity index (χ0v) is 18.8. The highest BCUT2D eigenvalue weighted by Crippen LogP contribution is 2.38. The third-order valence-electron chi connectivity index (χ3n) is 7.48. The lowest BCUT2D eigenvalue weighted by molar-refractivity contribution is 0.0249. The van der Waals surface area contributed by atoms with Crippen LogP contribution in [-0.4, -0.2) is 12.1 Å². The maximum absolute atomic E-state index is 12.4. The Labute approximate surface area is 182 Å². The molecule has 2 aromatic rings. The minimum atomic E-state index is -0.161. The van der Waals surface area contributed by atoms with Crippen LogP contribution in [0.5, 0.6) is 0 Å². The van der Waals surface area contributed by atoms with Crippen LogP contribution < -0.4 is 0 Å². The van der Waals surface area contributed by atoms with E-state index in [1.165, 1.54) is 55.2 Å². The minimum Gasteiger partial charge on any atom is -0.458 e. The van der Waals surface area contributed by atoms with Crippen molar-refractivity contribution in [1.82, 2.24) is 0 Å². The van der Waals surface area contributed by atoms with Crippen molar-refractivity contribution in [2.45, 2.75) is 90.1 Å². The maximum Gasteiger partial charge on any atom is 0.338 e. The van der Waals surface area contributed by atoms with Crippen LogP contribution in [0.3, 0.4) is 0 Å². The normalized spacial score (nSPS) is 24.8. The Morgan fingerprint density at radius 1 is 0.967 bits per heavy atom. The van der Waals surface area contributed by atoms with Gasteiger partial charge in [-0.15, -0.1) is 0 Å². The molecule has 1 heterocycles. The first-order chi connectivity index (χ1) is 14.6. The minimum absolute atomic E-state index is 0.0258. The highest BCUT2D eigenvalue weighted by Gasteiger charge is 2.26. The van der Waals surface area contributed by atoms with E-state index in [9.17, 15) is 4.79 Å². The number of fused-ring (bicyclic) bond motifs is 1. The number of benzene rings is 2. The van der Waals surface area contributed by atoms with Gasteiger partial charge in [-0.3, -0.25) is 0 Å². The van der Waals surface area contributed by atoms with Crippen molar-refractivity contribution < 1.29 is 9.53 Å². The van der Waals surface area contributed by atoms with Crippen LogP contribution >= 0.6 is 0 Å². The van der Waals surface area contributed by atoms with Crippen LogP contribution in [0.25, 0.3) is 0 Å². The van der Waals surface area contributed by atoms with E-state index in [1.807, 2.05) is 0 Å². The molecule has 1 fully saturated rings. The maximum atomic E-state index is 12.4. The molecule has 160 valence electrons. The van der Waals surface area contributed by atoms with Gasteiger partial charge >= 0.3 is 5.97 Å². The molecule has 2 aromatic carbocycles. The van der Waals surface area contributed by atoms with Crippen molar-refractivity contribution in [3.05, 3.63) is 70.3 Å². The zero-order chi connectivity index (χ0) is 21.1. The number of carbonyl (C=O) groups excluding carboxylic acids is 1. The number of ether oxygens (including phenoxy) is 1. The standard InChI is InChI=1S/C28H36O2/c1-4-6-20-7-9-22(10-8-20)23-13-11-21(12-14-23)19(3)24-15-16-25-17-26(5-2)30-28(29)27(25)18-24/h11-16,18-20,22,26H,4-10,17H2,1-3H3. The second kappa shape index (κ2) is 9.37. The third kappa shape index (κ3) is 4.48. The number of hydrogen-bond acceptors (Lipinski definition) is 2. The topological polar surface area (TPSA) is 26.3 Å². The Morgan fingerprint density at radius 2 is 1.67 bits per heavy atom. The molecule has 30 heavy (non-hydrogen) atoms. The Balaban J connectivity index is 1.45. The zero-order valence-electron chi connectivity index (χ0n) is 18.8. The molecule has 2 heteroatoms. The molecule has 0 bridgehead atoms. The lowest BCUT2D eigenvalue weighted by Crippen LogP contribution is -2.27. The molecule has 0 N–H and O–H groups in total. The van der Waals surface area contributed by atoms with Crippen LogP contribution in [0.15, 0.2) is 42.5 Å². The lowest BCUT2D eigenvalue weighted by Gasteiger charge is -2.29. The molecule has 4 rings (SSSR count). The molecule has 0 radical (unpaired) electrons. The molecule has 1 saturated carbocycles. The van der Waals surface area contributed by atoms with Gasteiger partial charge in [0.1, 0.15) is 6.10 Å². The van der Waals surface area contributed by atoms with Gasteiger partial charge in [-0.2, -0.15) is 0 Å². The van der Waals surface area contributed by atoms with E-state index >= 15 is 0 Å². The second-order valence-electron chi connectivity index (χ2n) is 9.45. The summed E-state index contributed by atoms with van der Waals surface area (Å²) in [4.78, 5) is 12.4. The average molecular weight is 405 g/mol. The van der Waals surface area contributed by atoms with E-state index in [0.29, 0.717) is 0 Å². The molecule has 2 aliphatic rings. The van der Waals surface area contributed by atoms with Crippen molar-refractivity contribution in [3.8, 4) is 0 Å². The number of esters is 1. The van der Waals surface area contributed by atoms with E-state index in [2.05, 4.69) is 63.2 Å². The summed E-state index contributed by atoms with van der Waals surface area (Å²) in [5.74, 6) is 1.79. The average Bonchev–Trinajstić information content (AvgIpc) is 2.79. The summed E-state index contributed by atoms with van der Waals surface area (Å²) in [6.45, 7) is 6.61. The van der Waals surface area contributed by atoms with Gasteiger partial charge in [-0.25, -0.2) is 4.79 Å². The van der Waals surface area contributed by atoms with Gasteiger partial charge in [0.15, 0.2) is 0 Å². The van der Waals surface area contributed by atoms with E-state index in [-0.39, 0.29) is 18.0 Å². The van der Waals surface area contributed by atoms with Crippen LogP contribution in [0, 0.1) is 5.92 Å². The van der Waals surface area contributed by atoms with Crippen molar-refractivity contribution in [3.63, 3.8) is 0 Å². The quantitative estimate of drug-likeness (QED) is 0.469. The first kappa shape index (κ1) is 21.2. The fourth-order valence-corrected chi connectivity index (χ4v) is 5.40. The molecule has 0 aromatic heterocycles. The summed E-state index contributed by atoms with van der Waals surface area (Å²) < 4.78 is 5.57. The first-order valence-electron chi connectivity index (χ1n) is 12.0. The first-order valence-corrected chi connectivity index (χ1v) is 12.0. The molecule has 0 spiro atoms. The predicted molar refractivity (Wildman–Crippen MR) is 123 cm³/mol. The number of rotatable bonds is 6. The monoisotopic (exact) mass is 404 g/mol. The molecule has 0 saturated heterocycles. The van der Waals surface area contributed by atoms with Crippen molar-refractivity contribution in [1.29, 1.82) is 0 Å². The van der Waals surface area contributed by atoms with Gasteiger partial charge in [0.05, 0.1) is 5.56 Å². The fourth-order valence-electron chi connectivity index (χ4n) is 5.40. The number of cyclic esters (lactones) is 1. The highest BCUT2D eigenvalue weighted by molar-refractivity contribution is 5.92. The van der Waals surface area contributed by atoms with Crippen molar-refractivity contribution in [2.75, 3.05) is 0 Å². The van der Waals surface area contributed by atoms with Crippen LogP contribution in [0.1, 0.15) is 110 Å². The summed E-state index contributed by atoms with van der Waals surface area (Å²) in [6, 6.07) is 15.7. The van der Waals surface area contributed by atoms with E-state index in [0.717, 1.165) is 35.8 Å². The van der Waals surface area contributed by atoms with E-state index < -0.39 is 0 Å². The highest BCUT2D eigenvalue weighted by atomic mass is 16.5. The summed E-state index contributed by atoms with van der Waals surface area (Å²) in [5.41, 5.74) is 5.88. The van der Waals surface area contributed by atoms with Gasteiger partial charge in [0.2, 0.25) is 0 Å². The smallest absolute Gasteiger partial charge is 0.338 e. The van der Waals surface area contributed by atoms with Gasteiger partial charge < -0.3 is 4.74 Å². The number of carbonyl (C=O) groups is 1. The predicted octanol–water partition coefficient (Wildman–Crippen LogP) is 7.40. The summed E-state index contributed by atoms with van der Waals surface area (Å²) in [7, 11) is 0. The largest absolute Gasteiger partial charge is 0.458 e. The van der Waals surface area contributed by atoms with Crippen molar-refractivity contribution >= 4 is 5.97 Å². The Kier molecular flexibility index (Phi) is 6.61. The molecule has 1 aliphatic carbocycles. The molecule has 2 unspecified atom stereocenters. The lowest BCUT2D eigenvalue weighted by atomic mass is 9.77. The summed E-state index contributed by atoms with van der Waals surface area (Å²) >= 11 is 0. The van der Waals surface area contributed by atoms with E-state index in [4.69, 9.17) is 4.74 Å². The third-order valence-corrected chi connectivity index (χ3v) is 7.48. The Morgan fingerprint density at radius 3 is 2.33 bits per heavy atom.